The van der Waals surface area contributed by atoms with E-state index in [-0.39, 0.29) is 10.8 Å². The van der Waals surface area contributed by atoms with Crippen molar-refractivity contribution in [1.29, 1.82) is 0 Å². The number of ether oxygens (including phenoxy) is 1. The van der Waals surface area contributed by atoms with E-state index >= 15 is 0 Å². The van der Waals surface area contributed by atoms with Crippen LogP contribution in [0.25, 0.3) is 0 Å². The first-order valence-corrected chi connectivity index (χ1v) is 9.21. The zero-order valence-corrected chi connectivity index (χ0v) is 14.2. The smallest absolute Gasteiger partial charge is 0.264 e. The van der Waals surface area contributed by atoms with Gasteiger partial charge in [0.25, 0.3) is 10.0 Å². The molecule has 0 saturated carbocycles. The van der Waals surface area contributed by atoms with E-state index in [2.05, 4.69) is 0 Å². The first-order valence-electron chi connectivity index (χ1n) is 7.77. The Kier molecular flexibility index (Phi) is 4.57. The number of fused-ring (bicyclic) bond motifs is 1. The van der Waals surface area contributed by atoms with E-state index < -0.39 is 10.0 Å². The topological polar surface area (TPSA) is 63.7 Å². The van der Waals surface area contributed by atoms with E-state index in [4.69, 9.17) is 4.74 Å². The van der Waals surface area contributed by atoms with Gasteiger partial charge in [0.2, 0.25) is 0 Å². The fraction of sp³-hybridized carbons (Fsp3) is 0.278. The molecule has 5 nitrogen and oxygen atoms in total. The van der Waals surface area contributed by atoms with Crippen LogP contribution in [0.15, 0.2) is 53.4 Å². The molecule has 2 aromatic rings. The molecule has 0 radical (unpaired) electrons. The average Bonchev–Trinajstić information content (AvgIpc) is 2.99. The molecule has 0 aliphatic carbocycles. The zero-order valence-electron chi connectivity index (χ0n) is 13.4. The lowest BCUT2D eigenvalue weighted by molar-refractivity contribution is -0.108. The molecule has 1 atom stereocenters. The quantitative estimate of drug-likeness (QED) is 0.755. The van der Waals surface area contributed by atoms with Crippen LogP contribution in [0.4, 0.5) is 5.69 Å². The summed E-state index contributed by atoms with van der Waals surface area (Å²) < 4.78 is 32.7. The van der Waals surface area contributed by atoms with Gasteiger partial charge in [-0.1, -0.05) is 18.2 Å². The van der Waals surface area contributed by atoms with Gasteiger partial charge >= 0.3 is 0 Å². The molecule has 1 aliphatic heterocycles. The van der Waals surface area contributed by atoms with Gasteiger partial charge in [-0.2, -0.15) is 0 Å². The number of hydrogen-bond acceptors (Lipinski definition) is 4. The molecule has 0 spiro atoms. The Morgan fingerprint density at radius 3 is 2.62 bits per heavy atom. The van der Waals surface area contributed by atoms with E-state index in [1.807, 2.05) is 6.07 Å². The highest BCUT2D eigenvalue weighted by molar-refractivity contribution is 7.92. The van der Waals surface area contributed by atoms with Crippen LogP contribution >= 0.6 is 0 Å². The molecule has 6 heteroatoms. The molecule has 0 saturated heterocycles. The number of benzene rings is 2. The third-order valence-electron chi connectivity index (χ3n) is 4.29. The standard InChI is InChI=1S/C18H19NO4S/c1-23-15-9-10-18-17(12-15)14(6-5-11-20)13-19(18)24(21,22)16-7-3-2-4-8-16/h2-4,7-12,14H,5-6,13H2,1H3. The van der Waals surface area contributed by atoms with E-state index in [0.29, 0.717) is 30.8 Å². The number of aldehydes is 1. The van der Waals surface area contributed by atoms with Crippen molar-refractivity contribution in [3.05, 3.63) is 54.1 Å². The number of carbonyl (C=O) groups excluding carboxylic acids is 1. The van der Waals surface area contributed by atoms with Crippen LogP contribution in [-0.4, -0.2) is 28.4 Å². The normalized spacial score (nSPS) is 16.7. The van der Waals surface area contributed by atoms with Crippen LogP contribution in [-0.2, 0) is 14.8 Å². The summed E-state index contributed by atoms with van der Waals surface area (Å²) in [6.07, 6.45) is 1.89. The predicted molar refractivity (Wildman–Crippen MR) is 92.0 cm³/mol. The van der Waals surface area contributed by atoms with E-state index in [0.717, 1.165) is 11.8 Å². The summed E-state index contributed by atoms with van der Waals surface area (Å²) in [5.74, 6) is 0.669. The Labute approximate surface area is 141 Å². The summed E-state index contributed by atoms with van der Waals surface area (Å²) in [6, 6.07) is 13.8. The summed E-state index contributed by atoms with van der Waals surface area (Å²) in [5, 5.41) is 0. The number of hydrogen-bond donors (Lipinski definition) is 0. The van der Waals surface area contributed by atoms with Gasteiger partial charge in [0.05, 0.1) is 17.7 Å². The van der Waals surface area contributed by atoms with E-state index in [1.54, 1.807) is 49.6 Å². The second-order valence-electron chi connectivity index (χ2n) is 5.71. The van der Waals surface area contributed by atoms with E-state index in [1.165, 1.54) is 4.31 Å². The predicted octanol–water partition coefficient (Wildman–Crippen LogP) is 2.97. The van der Waals surface area contributed by atoms with Crippen LogP contribution in [0.3, 0.4) is 0 Å². The number of carbonyl (C=O) groups is 1. The number of anilines is 1. The monoisotopic (exact) mass is 345 g/mol. The van der Waals surface area contributed by atoms with Crippen LogP contribution in [0.2, 0.25) is 0 Å². The maximum atomic E-state index is 13.0. The van der Waals surface area contributed by atoms with Crippen LogP contribution in [0, 0.1) is 0 Å². The van der Waals surface area contributed by atoms with Crippen molar-refractivity contribution in [2.24, 2.45) is 0 Å². The Balaban J connectivity index is 2.04. The number of sulfonamides is 1. The van der Waals surface area contributed by atoms with Gasteiger partial charge in [-0.05, 0) is 42.3 Å². The van der Waals surface area contributed by atoms with Crippen LogP contribution in [0.1, 0.15) is 24.3 Å². The summed E-state index contributed by atoms with van der Waals surface area (Å²) >= 11 is 0. The SMILES string of the molecule is COc1ccc2c(c1)C(CCC=O)CN2S(=O)(=O)c1ccccc1. The summed E-state index contributed by atoms with van der Waals surface area (Å²) in [4.78, 5) is 11.0. The third kappa shape index (κ3) is 2.89. The average molecular weight is 345 g/mol. The maximum absolute atomic E-state index is 13.0. The fourth-order valence-electron chi connectivity index (χ4n) is 3.07. The first kappa shape index (κ1) is 16.5. The van der Waals surface area contributed by atoms with Crippen molar-refractivity contribution in [3.8, 4) is 5.75 Å². The molecule has 2 aromatic carbocycles. The van der Waals surface area contributed by atoms with Crippen molar-refractivity contribution in [1.82, 2.24) is 0 Å². The third-order valence-corrected chi connectivity index (χ3v) is 6.09. The molecular formula is C18H19NO4S. The van der Waals surface area contributed by atoms with E-state index in [9.17, 15) is 13.2 Å². The van der Waals surface area contributed by atoms with Gasteiger partial charge in [-0.3, -0.25) is 4.31 Å². The van der Waals surface area contributed by atoms with Crippen molar-refractivity contribution >= 4 is 22.0 Å². The minimum Gasteiger partial charge on any atom is -0.497 e. The molecular weight excluding hydrogens is 326 g/mol. The maximum Gasteiger partial charge on any atom is 0.264 e. The van der Waals surface area contributed by atoms with Crippen LogP contribution < -0.4 is 9.04 Å². The second kappa shape index (κ2) is 6.65. The molecule has 0 N–H and O–H groups in total. The number of rotatable bonds is 6. The van der Waals surface area contributed by atoms with Gasteiger partial charge in [0.1, 0.15) is 12.0 Å². The Morgan fingerprint density at radius 1 is 1.21 bits per heavy atom. The van der Waals surface area contributed by atoms with Gasteiger partial charge in [-0.25, -0.2) is 8.42 Å². The first-order chi connectivity index (χ1) is 11.6. The largest absolute Gasteiger partial charge is 0.497 e. The minimum absolute atomic E-state index is 0.0150. The lowest BCUT2D eigenvalue weighted by Crippen LogP contribution is -2.30. The van der Waals surface area contributed by atoms with Crippen LogP contribution in [0.5, 0.6) is 5.75 Å². The highest BCUT2D eigenvalue weighted by Crippen LogP contribution is 2.43. The molecule has 1 unspecified atom stereocenters. The Morgan fingerprint density at radius 2 is 1.96 bits per heavy atom. The molecule has 1 aliphatic rings. The van der Waals surface area contributed by atoms with Crippen molar-refractivity contribution < 1.29 is 17.9 Å². The molecule has 1 heterocycles. The van der Waals surface area contributed by atoms with Gasteiger partial charge < -0.3 is 9.53 Å². The second-order valence-corrected chi connectivity index (χ2v) is 7.58. The fourth-order valence-corrected chi connectivity index (χ4v) is 4.63. The Hall–Kier alpha value is -2.34. The molecule has 0 bridgehead atoms. The van der Waals surface area contributed by atoms with Crippen molar-refractivity contribution in [2.45, 2.75) is 23.7 Å². The molecule has 0 fully saturated rings. The number of nitrogens with zero attached hydrogens (tertiary/aromatic N) is 1. The molecule has 126 valence electrons. The van der Waals surface area contributed by atoms with Gasteiger partial charge in [0, 0.05) is 18.9 Å². The van der Waals surface area contributed by atoms with Crippen molar-refractivity contribution in [2.75, 3.05) is 18.0 Å². The van der Waals surface area contributed by atoms with Gasteiger partial charge in [-0.15, -0.1) is 0 Å². The summed E-state index contributed by atoms with van der Waals surface area (Å²) in [5.41, 5.74) is 1.58. The van der Waals surface area contributed by atoms with Gasteiger partial charge in [0.15, 0.2) is 0 Å². The minimum atomic E-state index is -3.63. The lowest BCUT2D eigenvalue weighted by Gasteiger charge is -2.20. The highest BCUT2D eigenvalue weighted by atomic mass is 32.2. The molecule has 0 amide bonds. The summed E-state index contributed by atoms with van der Waals surface area (Å²) in [6.45, 7) is 0.341. The lowest BCUT2D eigenvalue weighted by atomic mass is 9.96. The molecule has 24 heavy (non-hydrogen) atoms. The molecule has 3 rings (SSSR count). The van der Waals surface area contributed by atoms with Crippen molar-refractivity contribution in [3.63, 3.8) is 0 Å². The molecule has 0 aromatic heterocycles. The summed E-state index contributed by atoms with van der Waals surface area (Å²) in [7, 11) is -2.05. The Bertz CT molecular complexity index is 833. The highest BCUT2D eigenvalue weighted by Gasteiger charge is 2.36. The zero-order chi connectivity index (χ0) is 17.2. The number of methoxy groups -OCH3 is 1.